The highest BCUT2D eigenvalue weighted by Crippen LogP contribution is 2.40. The Balaban J connectivity index is 1.87. The van der Waals surface area contributed by atoms with Crippen LogP contribution in [0, 0.1) is 12.7 Å². The number of nitrogen functional groups attached to an aromatic ring is 1. The van der Waals surface area contributed by atoms with Gasteiger partial charge in [-0.1, -0.05) is 12.1 Å². The van der Waals surface area contributed by atoms with Crippen LogP contribution in [0.4, 0.5) is 23.5 Å². The lowest BCUT2D eigenvalue weighted by atomic mass is 9.99. The number of aromatic nitrogens is 6. The summed E-state index contributed by atoms with van der Waals surface area (Å²) in [7, 11) is 0. The predicted octanol–water partition coefficient (Wildman–Crippen LogP) is 3.34. The fourth-order valence-electron chi connectivity index (χ4n) is 3.94. The first-order valence-electron chi connectivity index (χ1n) is 11.8. The molecule has 0 amide bonds. The quantitative estimate of drug-likeness (QED) is 0.269. The number of benzene rings is 1. The average molecular weight is 548 g/mol. The summed E-state index contributed by atoms with van der Waals surface area (Å²) in [4.78, 5) is 12.0. The summed E-state index contributed by atoms with van der Waals surface area (Å²) in [6, 6.07) is 7.46. The maximum absolute atomic E-state index is 13.7. The minimum absolute atomic E-state index is 0.0576. The van der Waals surface area contributed by atoms with E-state index in [0.717, 1.165) is 6.07 Å². The maximum Gasteiger partial charge on any atom is 0.433 e. The van der Waals surface area contributed by atoms with Crippen molar-refractivity contribution in [1.82, 2.24) is 29.9 Å². The minimum atomic E-state index is -4.73. The standard InChI is InChI=1S/C25H25F4N7O3/c1-3-18-19(36(35-34-18)10-17(38)11-37)12-39-23-21(15-8-13(2)31-20(9-15)25(27,28)29)22(32-24(30)33-23)14-4-6-16(26)7-5-14/h4-9,17,37-38H,3,10-12H2,1-2H3,(H2,30,32,33)/t17-/m1/s1. The Morgan fingerprint density at radius 3 is 2.44 bits per heavy atom. The van der Waals surface area contributed by atoms with Gasteiger partial charge in [-0.3, -0.25) is 0 Å². The van der Waals surface area contributed by atoms with Crippen LogP contribution in [0.15, 0.2) is 36.4 Å². The van der Waals surface area contributed by atoms with Crippen LogP contribution in [0.25, 0.3) is 22.4 Å². The van der Waals surface area contributed by atoms with E-state index < -0.39 is 30.4 Å². The molecule has 0 saturated carbocycles. The molecule has 4 aromatic rings. The number of aryl methyl sites for hydroxylation is 2. The fraction of sp³-hybridized carbons (Fsp3) is 0.320. The van der Waals surface area contributed by atoms with Crippen molar-refractivity contribution in [3.63, 3.8) is 0 Å². The topological polar surface area (TPSA) is 145 Å². The molecule has 10 nitrogen and oxygen atoms in total. The molecule has 14 heteroatoms. The zero-order chi connectivity index (χ0) is 28.3. The molecule has 4 N–H and O–H groups in total. The summed E-state index contributed by atoms with van der Waals surface area (Å²) >= 11 is 0. The van der Waals surface area contributed by atoms with Crippen molar-refractivity contribution in [1.29, 1.82) is 0 Å². The highest BCUT2D eigenvalue weighted by Gasteiger charge is 2.34. The van der Waals surface area contributed by atoms with E-state index >= 15 is 0 Å². The van der Waals surface area contributed by atoms with Crippen LogP contribution in [-0.4, -0.2) is 52.9 Å². The first kappa shape index (κ1) is 27.9. The van der Waals surface area contributed by atoms with Crippen LogP contribution < -0.4 is 10.5 Å². The van der Waals surface area contributed by atoms with Gasteiger partial charge in [0, 0.05) is 11.3 Å². The summed E-state index contributed by atoms with van der Waals surface area (Å²) < 4.78 is 62.0. The summed E-state index contributed by atoms with van der Waals surface area (Å²) in [6.07, 6.45) is -5.37. The van der Waals surface area contributed by atoms with Gasteiger partial charge in [0.25, 0.3) is 0 Å². The van der Waals surface area contributed by atoms with E-state index in [1.165, 1.54) is 41.9 Å². The second-order valence-corrected chi connectivity index (χ2v) is 8.64. The molecule has 206 valence electrons. The van der Waals surface area contributed by atoms with Crippen molar-refractivity contribution in [3.05, 3.63) is 65.0 Å². The number of anilines is 1. The number of nitrogens with zero attached hydrogens (tertiary/aromatic N) is 6. The molecular weight excluding hydrogens is 522 g/mol. The van der Waals surface area contributed by atoms with Crippen molar-refractivity contribution in [3.8, 4) is 28.3 Å². The van der Waals surface area contributed by atoms with Gasteiger partial charge in [0.1, 0.15) is 18.1 Å². The summed E-state index contributed by atoms with van der Waals surface area (Å²) in [5, 5.41) is 27.2. The third-order valence-electron chi connectivity index (χ3n) is 5.74. The zero-order valence-corrected chi connectivity index (χ0v) is 20.9. The molecule has 0 unspecified atom stereocenters. The molecule has 0 radical (unpaired) electrons. The SMILES string of the molecule is CCc1nnn(C[C@@H](O)CO)c1COc1nc(N)nc(-c2ccc(F)cc2)c1-c1cc(C)nc(C(F)(F)F)c1. The molecule has 39 heavy (non-hydrogen) atoms. The first-order chi connectivity index (χ1) is 18.5. The number of halogens is 4. The smallest absolute Gasteiger partial charge is 0.433 e. The number of hydrogen-bond donors (Lipinski definition) is 3. The van der Waals surface area contributed by atoms with Crippen LogP contribution in [0.3, 0.4) is 0 Å². The van der Waals surface area contributed by atoms with E-state index in [-0.39, 0.29) is 47.5 Å². The number of nitrogens with two attached hydrogens (primary N) is 1. The number of rotatable bonds is 9. The van der Waals surface area contributed by atoms with Crippen molar-refractivity contribution in [2.45, 2.75) is 45.7 Å². The van der Waals surface area contributed by atoms with E-state index in [4.69, 9.17) is 10.5 Å². The van der Waals surface area contributed by atoms with E-state index in [1.807, 2.05) is 6.92 Å². The van der Waals surface area contributed by atoms with Crippen molar-refractivity contribution in [2.75, 3.05) is 12.3 Å². The Morgan fingerprint density at radius 1 is 1.08 bits per heavy atom. The molecular formula is C25H25F4N7O3. The Bertz CT molecular complexity index is 1460. The monoisotopic (exact) mass is 547 g/mol. The zero-order valence-electron chi connectivity index (χ0n) is 20.9. The van der Waals surface area contributed by atoms with Crippen LogP contribution in [0.2, 0.25) is 0 Å². The van der Waals surface area contributed by atoms with Gasteiger partial charge in [0.05, 0.1) is 41.9 Å². The predicted molar refractivity (Wildman–Crippen MR) is 132 cm³/mol. The number of ether oxygens (including phenoxy) is 1. The highest BCUT2D eigenvalue weighted by molar-refractivity contribution is 5.85. The van der Waals surface area contributed by atoms with Crippen molar-refractivity contribution < 1.29 is 32.5 Å². The number of pyridine rings is 1. The Morgan fingerprint density at radius 2 is 1.79 bits per heavy atom. The van der Waals surface area contributed by atoms with E-state index in [2.05, 4.69) is 25.3 Å². The lowest BCUT2D eigenvalue weighted by Gasteiger charge is -2.18. The van der Waals surface area contributed by atoms with Gasteiger partial charge in [-0.15, -0.1) is 5.10 Å². The molecule has 0 spiro atoms. The normalized spacial score (nSPS) is 12.5. The van der Waals surface area contributed by atoms with Crippen LogP contribution in [0.5, 0.6) is 5.88 Å². The first-order valence-corrected chi connectivity index (χ1v) is 11.8. The van der Waals surface area contributed by atoms with Crippen LogP contribution in [-0.2, 0) is 25.7 Å². The molecule has 0 fully saturated rings. The molecule has 1 aromatic carbocycles. The summed E-state index contributed by atoms with van der Waals surface area (Å²) in [5.41, 5.74) is 6.54. The van der Waals surface area contributed by atoms with Gasteiger partial charge in [0.2, 0.25) is 11.8 Å². The lowest BCUT2D eigenvalue weighted by Crippen LogP contribution is -2.23. The number of hydrogen-bond acceptors (Lipinski definition) is 9. The average Bonchev–Trinajstić information content (AvgIpc) is 3.27. The Labute approximate surface area is 220 Å². The third-order valence-corrected chi connectivity index (χ3v) is 5.74. The largest absolute Gasteiger partial charge is 0.471 e. The van der Waals surface area contributed by atoms with Crippen molar-refractivity contribution in [2.24, 2.45) is 0 Å². The third kappa shape index (κ3) is 6.29. The molecule has 0 saturated heterocycles. The minimum Gasteiger partial charge on any atom is -0.471 e. The van der Waals surface area contributed by atoms with E-state index in [0.29, 0.717) is 23.4 Å². The van der Waals surface area contributed by atoms with Crippen LogP contribution in [0.1, 0.15) is 29.7 Å². The van der Waals surface area contributed by atoms with Gasteiger partial charge in [-0.25, -0.2) is 19.0 Å². The molecule has 0 aliphatic rings. The highest BCUT2D eigenvalue weighted by atomic mass is 19.4. The van der Waals surface area contributed by atoms with Gasteiger partial charge in [-0.2, -0.15) is 18.2 Å². The molecule has 0 aliphatic carbocycles. The van der Waals surface area contributed by atoms with Crippen LogP contribution >= 0.6 is 0 Å². The van der Waals surface area contributed by atoms with Gasteiger partial charge < -0.3 is 20.7 Å². The molecule has 3 aromatic heterocycles. The molecule has 1 atom stereocenters. The summed E-state index contributed by atoms with van der Waals surface area (Å²) in [6.45, 7) is 2.48. The number of alkyl halides is 3. The molecule has 3 heterocycles. The maximum atomic E-state index is 13.7. The second kappa shape index (κ2) is 11.3. The van der Waals surface area contributed by atoms with Gasteiger partial charge in [0.15, 0.2) is 0 Å². The van der Waals surface area contributed by atoms with E-state index in [1.54, 1.807) is 0 Å². The lowest BCUT2D eigenvalue weighted by molar-refractivity contribution is -0.141. The van der Waals surface area contributed by atoms with Gasteiger partial charge in [-0.05, 0) is 55.3 Å². The van der Waals surface area contributed by atoms with Crippen molar-refractivity contribution >= 4 is 5.95 Å². The molecule has 0 aliphatic heterocycles. The summed E-state index contributed by atoms with van der Waals surface area (Å²) in [5.74, 6) is -0.887. The second-order valence-electron chi connectivity index (χ2n) is 8.64. The fourth-order valence-corrected chi connectivity index (χ4v) is 3.94. The number of aliphatic hydroxyl groups is 2. The number of aliphatic hydroxyl groups excluding tert-OH is 2. The molecule has 4 rings (SSSR count). The Hall–Kier alpha value is -4.17. The Kier molecular flexibility index (Phi) is 8.06. The van der Waals surface area contributed by atoms with E-state index in [9.17, 15) is 27.8 Å². The molecule has 0 bridgehead atoms. The van der Waals surface area contributed by atoms with Gasteiger partial charge >= 0.3 is 6.18 Å².